The van der Waals surface area contributed by atoms with E-state index in [1.165, 1.54) is 11.1 Å². The van der Waals surface area contributed by atoms with Crippen LogP contribution in [0, 0.1) is 0 Å². The molecular formula is C22H23N3O2. The minimum absolute atomic E-state index is 0.288. The first-order chi connectivity index (χ1) is 13.2. The van der Waals surface area contributed by atoms with Gasteiger partial charge in [0.25, 0.3) is 0 Å². The molecule has 0 fully saturated rings. The Morgan fingerprint density at radius 2 is 1.89 bits per heavy atom. The summed E-state index contributed by atoms with van der Waals surface area (Å²) in [6, 6.07) is 17.6. The molecule has 0 aliphatic carbocycles. The molecule has 5 nitrogen and oxygen atoms in total. The SMILES string of the molecule is O=C(O)c1cc(NCCCN2CCc3ccccc3C2)nc2ccccc12. The Hall–Kier alpha value is -2.92. The van der Waals surface area contributed by atoms with Gasteiger partial charge in [-0.05, 0) is 36.1 Å². The Morgan fingerprint density at radius 1 is 1.11 bits per heavy atom. The Morgan fingerprint density at radius 3 is 2.74 bits per heavy atom. The summed E-state index contributed by atoms with van der Waals surface area (Å²) in [6.07, 6.45) is 2.09. The molecule has 0 bridgehead atoms. The Balaban J connectivity index is 1.35. The molecule has 4 rings (SSSR count). The third kappa shape index (κ3) is 3.93. The summed E-state index contributed by atoms with van der Waals surface area (Å²) in [6.45, 7) is 3.88. The molecule has 1 aliphatic heterocycles. The summed E-state index contributed by atoms with van der Waals surface area (Å²) in [7, 11) is 0. The van der Waals surface area contributed by atoms with Gasteiger partial charge in [-0.25, -0.2) is 9.78 Å². The molecule has 1 aromatic heterocycles. The maximum Gasteiger partial charge on any atom is 0.336 e. The molecule has 0 radical (unpaired) electrons. The number of carboxylic acid groups (broad SMARTS) is 1. The molecule has 0 saturated heterocycles. The van der Waals surface area contributed by atoms with E-state index in [9.17, 15) is 9.90 Å². The monoisotopic (exact) mass is 361 g/mol. The molecular weight excluding hydrogens is 338 g/mol. The molecule has 1 aliphatic rings. The molecule has 0 spiro atoms. The molecule has 2 N–H and O–H groups in total. The highest BCUT2D eigenvalue weighted by Crippen LogP contribution is 2.21. The van der Waals surface area contributed by atoms with Gasteiger partial charge in [-0.15, -0.1) is 0 Å². The van der Waals surface area contributed by atoms with Crippen molar-refractivity contribution >= 4 is 22.7 Å². The number of pyridine rings is 1. The number of rotatable bonds is 6. The predicted octanol–water partition coefficient (Wildman–Crippen LogP) is 3.79. The van der Waals surface area contributed by atoms with Crippen LogP contribution in [0.1, 0.15) is 27.9 Å². The highest BCUT2D eigenvalue weighted by molar-refractivity contribution is 6.03. The van der Waals surface area contributed by atoms with Gasteiger partial charge in [0.1, 0.15) is 5.82 Å². The minimum Gasteiger partial charge on any atom is -0.478 e. The number of para-hydroxylation sites is 1. The Kier molecular flexibility index (Phi) is 5.03. The largest absolute Gasteiger partial charge is 0.478 e. The van der Waals surface area contributed by atoms with Gasteiger partial charge in [-0.3, -0.25) is 4.90 Å². The van der Waals surface area contributed by atoms with E-state index in [0.29, 0.717) is 16.7 Å². The van der Waals surface area contributed by atoms with Crippen molar-refractivity contribution in [3.63, 3.8) is 0 Å². The lowest BCUT2D eigenvalue weighted by atomic mass is 10.00. The summed E-state index contributed by atoms with van der Waals surface area (Å²) in [5.74, 6) is -0.307. The van der Waals surface area contributed by atoms with E-state index in [2.05, 4.69) is 39.5 Å². The van der Waals surface area contributed by atoms with Gasteiger partial charge in [-0.1, -0.05) is 42.5 Å². The number of nitrogens with one attached hydrogen (secondary N) is 1. The van der Waals surface area contributed by atoms with Crippen LogP contribution >= 0.6 is 0 Å². The lowest BCUT2D eigenvalue weighted by Crippen LogP contribution is -2.32. The van der Waals surface area contributed by atoms with Crippen LogP contribution in [0.15, 0.2) is 54.6 Å². The number of hydrogen-bond acceptors (Lipinski definition) is 4. The van der Waals surface area contributed by atoms with Crippen LogP contribution in [0.2, 0.25) is 0 Å². The average molecular weight is 361 g/mol. The zero-order chi connectivity index (χ0) is 18.6. The zero-order valence-electron chi connectivity index (χ0n) is 15.2. The van der Waals surface area contributed by atoms with Gasteiger partial charge in [-0.2, -0.15) is 0 Å². The van der Waals surface area contributed by atoms with Crippen LogP contribution in [0.3, 0.4) is 0 Å². The number of nitrogens with zero attached hydrogens (tertiary/aromatic N) is 2. The van der Waals surface area contributed by atoms with E-state index >= 15 is 0 Å². The first kappa shape index (κ1) is 17.5. The second-order valence-electron chi connectivity index (χ2n) is 6.95. The van der Waals surface area contributed by atoms with Gasteiger partial charge in [0.05, 0.1) is 11.1 Å². The van der Waals surface area contributed by atoms with Crippen molar-refractivity contribution in [3.05, 3.63) is 71.3 Å². The van der Waals surface area contributed by atoms with Gasteiger partial charge in [0.15, 0.2) is 0 Å². The molecule has 5 heteroatoms. The molecule has 0 amide bonds. The third-order valence-electron chi connectivity index (χ3n) is 5.11. The van der Waals surface area contributed by atoms with Crippen molar-refractivity contribution in [2.24, 2.45) is 0 Å². The van der Waals surface area contributed by atoms with Gasteiger partial charge in [0.2, 0.25) is 0 Å². The minimum atomic E-state index is -0.927. The quantitative estimate of drug-likeness (QED) is 0.654. The summed E-state index contributed by atoms with van der Waals surface area (Å²) in [4.78, 5) is 18.6. The number of fused-ring (bicyclic) bond motifs is 2. The van der Waals surface area contributed by atoms with E-state index in [1.54, 1.807) is 12.1 Å². The van der Waals surface area contributed by atoms with Crippen LogP contribution in [-0.4, -0.2) is 40.6 Å². The second-order valence-corrected chi connectivity index (χ2v) is 6.95. The zero-order valence-corrected chi connectivity index (χ0v) is 15.2. The summed E-state index contributed by atoms with van der Waals surface area (Å²) < 4.78 is 0. The number of carboxylic acids is 1. The fourth-order valence-electron chi connectivity index (χ4n) is 3.71. The summed E-state index contributed by atoms with van der Waals surface area (Å²) in [5.41, 5.74) is 3.88. The molecule has 3 aromatic rings. The highest BCUT2D eigenvalue weighted by atomic mass is 16.4. The van der Waals surface area contributed by atoms with Crippen molar-refractivity contribution in [1.82, 2.24) is 9.88 Å². The van der Waals surface area contributed by atoms with Crippen LogP contribution in [0.5, 0.6) is 0 Å². The van der Waals surface area contributed by atoms with Gasteiger partial charge >= 0.3 is 5.97 Å². The van der Waals surface area contributed by atoms with Crippen LogP contribution in [0.25, 0.3) is 10.9 Å². The third-order valence-corrected chi connectivity index (χ3v) is 5.11. The van der Waals surface area contributed by atoms with Crippen molar-refractivity contribution in [2.75, 3.05) is 25.0 Å². The number of aromatic nitrogens is 1. The van der Waals surface area contributed by atoms with Crippen molar-refractivity contribution in [2.45, 2.75) is 19.4 Å². The number of benzene rings is 2. The Bertz CT molecular complexity index is 971. The normalized spacial score (nSPS) is 14.1. The first-order valence-corrected chi connectivity index (χ1v) is 9.37. The number of carbonyl (C=O) groups is 1. The smallest absolute Gasteiger partial charge is 0.336 e. The molecule has 138 valence electrons. The van der Waals surface area contributed by atoms with E-state index in [1.807, 2.05) is 18.2 Å². The second kappa shape index (κ2) is 7.76. The summed E-state index contributed by atoms with van der Waals surface area (Å²) >= 11 is 0. The summed E-state index contributed by atoms with van der Waals surface area (Å²) in [5, 5.41) is 13.4. The number of hydrogen-bond donors (Lipinski definition) is 2. The lowest BCUT2D eigenvalue weighted by Gasteiger charge is -2.28. The topological polar surface area (TPSA) is 65.5 Å². The fraction of sp³-hybridized carbons (Fsp3) is 0.273. The molecule has 0 unspecified atom stereocenters. The maximum absolute atomic E-state index is 11.5. The maximum atomic E-state index is 11.5. The van der Waals surface area contributed by atoms with Crippen LogP contribution in [-0.2, 0) is 13.0 Å². The van der Waals surface area contributed by atoms with Crippen LogP contribution in [0.4, 0.5) is 5.82 Å². The van der Waals surface area contributed by atoms with E-state index in [-0.39, 0.29) is 5.56 Å². The highest BCUT2D eigenvalue weighted by Gasteiger charge is 2.15. The van der Waals surface area contributed by atoms with E-state index in [4.69, 9.17) is 0 Å². The van der Waals surface area contributed by atoms with E-state index < -0.39 is 5.97 Å². The van der Waals surface area contributed by atoms with Crippen LogP contribution < -0.4 is 5.32 Å². The van der Waals surface area contributed by atoms with Crippen molar-refractivity contribution in [1.29, 1.82) is 0 Å². The average Bonchev–Trinajstić information content (AvgIpc) is 2.70. The molecule has 2 aromatic carbocycles. The lowest BCUT2D eigenvalue weighted by molar-refractivity contribution is 0.0699. The molecule has 27 heavy (non-hydrogen) atoms. The molecule has 2 heterocycles. The van der Waals surface area contributed by atoms with Crippen molar-refractivity contribution in [3.8, 4) is 0 Å². The van der Waals surface area contributed by atoms with Gasteiger partial charge < -0.3 is 10.4 Å². The number of anilines is 1. The van der Waals surface area contributed by atoms with Gasteiger partial charge in [0, 0.05) is 31.6 Å². The molecule has 0 atom stereocenters. The predicted molar refractivity (Wildman–Crippen MR) is 107 cm³/mol. The fourth-order valence-corrected chi connectivity index (χ4v) is 3.71. The van der Waals surface area contributed by atoms with E-state index in [0.717, 1.165) is 39.0 Å². The standard InChI is InChI=1S/C22H23N3O2/c26-22(27)19-14-21(24-20-9-4-3-8-18(19)20)23-11-5-12-25-13-10-16-6-1-2-7-17(16)15-25/h1-4,6-9,14H,5,10-13,15H2,(H,23,24)(H,26,27). The van der Waals surface area contributed by atoms with Crippen molar-refractivity contribution < 1.29 is 9.90 Å². The molecule has 0 saturated carbocycles. The first-order valence-electron chi connectivity index (χ1n) is 9.37. The Labute approximate surface area is 158 Å². The number of aromatic carboxylic acids is 1.